The summed E-state index contributed by atoms with van der Waals surface area (Å²) in [6, 6.07) is 14.7. The van der Waals surface area contributed by atoms with E-state index in [4.69, 9.17) is 0 Å². The van der Waals surface area contributed by atoms with E-state index in [0.717, 1.165) is 55.4 Å². The fourth-order valence-electron chi connectivity index (χ4n) is 4.58. The number of benzene rings is 1. The Balaban J connectivity index is 0.00000385. The van der Waals surface area contributed by atoms with Crippen LogP contribution in [0.5, 0.6) is 0 Å². The normalized spacial score (nSPS) is 11.2. The first kappa shape index (κ1) is 27.1. The lowest BCUT2D eigenvalue weighted by Gasteiger charge is -2.20. The molecule has 0 spiro atoms. The maximum Gasteiger partial charge on any atom is 0.210 e. The predicted octanol–water partition coefficient (Wildman–Crippen LogP) is 7.30. The van der Waals surface area contributed by atoms with E-state index in [-0.39, 0.29) is 18.2 Å². The van der Waals surface area contributed by atoms with Crippen molar-refractivity contribution < 1.29 is 4.79 Å². The lowest BCUT2D eigenvalue weighted by atomic mass is 10.00. The van der Waals surface area contributed by atoms with Crippen molar-refractivity contribution in [3.05, 3.63) is 76.6 Å². The molecule has 0 bridgehead atoms. The summed E-state index contributed by atoms with van der Waals surface area (Å²) >= 11 is 0. The topological polar surface area (TPSA) is 24.7 Å². The van der Waals surface area contributed by atoms with Gasteiger partial charge in [-0.1, -0.05) is 57.5 Å². The van der Waals surface area contributed by atoms with Crippen LogP contribution in [0.2, 0.25) is 0 Å². The van der Waals surface area contributed by atoms with Crippen LogP contribution in [0.1, 0.15) is 85.6 Å². The van der Waals surface area contributed by atoms with Gasteiger partial charge in [-0.2, -0.15) is 0 Å². The van der Waals surface area contributed by atoms with E-state index in [1.54, 1.807) is 0 Å². The molecule has 180 valence electrons. The number of carbonyl (C=O) groups excluding carboxylic acids is 1. The zero-order valence-electron chi connectivity index (χ0n) is 20.9. The second kappa shape index (κ2) is 13.6. The molecule has 2 aromatic heterocycles. The number of fused-ring (bicyclic) bond motifs is 1. The number of pyridine rings is 1. The number of ketones is 1. The van der Waals surface area contributed by atoms with Gasteiger partial charge in [0.05, 0.1) is 5.69 Å². The first-order valence-corrected chi connectivity index (χ1v) is 12.5. The van der Waals surface area contributed by atoms with Gasteiger partial charge in [0.2, 0.25) is 5.78 Å². The molecule has 4 heteroatoms. The molecule has 0 saturated carbocycles. The molecule has 0 aliphatic rings. The molecule has 0 saturated heterocycles. The van der Waals surface area contributed by atoms with Crippen molar-refractivity contribution in [2.75, 3.05) is 19.6 Å². The van der Waals surface area contributed by atoms with Crippen LogP contribution in [-0.4, -0.2) is 34.7 Å². The molecular weight excluding hydrogens is 428 g/mol. The molecule has 0 fully saturated rings. The van der Waals surface area contributed by atoms with E-state index in [2.05, 4.69) is 73.5 Å². The Morgan fingerprint density at radius 1 is 0.848 bits per heavy atom. The van der Waals surface area contributed by atoms with Crippen LogP contribution in [-0.2, 0) is 12.8 Å². The molecule has 0 unspecified atom stereocenters. The van der Waals surface area contributed by atoms with Crippen molar-refractivity contribution in [3.8, 4) is 0 Å². The molecule has 0 amide bonds. The van der Waals surface area contributed by atoms with Crippen LogP contribution >= 0.6 is 12.4 Å². The average molecular weight is 469 g/mol. The van der Waals surface area contributed by atoms with Gasteiger partial charge >= 0.3 is 0 Å². The summed E-state index contributed by atoms with van der Waals surface area (Å²) in [5.41, 5.74) is 6.37. The van der Waals surface area contributed by atoms with Crippen LogP contribution in [0, 0.1) is 6.92 Å². The third-order valence-corrected chi connectivity index (χ3v) is 6.25. The highest BCUT2D eigenvalue weighted by Gasteiger charge is 2.19. The minimum atomic E-state index is 0. The lowest BCUT2D eigenvalue weighted by molar-refractivity contribution is 0.103. The fraction of sp³-hybridized carbons (Fsp3) is 0.483. The number of aromatic nitrogens is 1. The number of rotatable bonds is 13. The number of unbranched alkanes of at least 4 members (excludes halogenated alkanes) is 1. The summed E-state index contributed by atoms with van der Waals surface area (Å²) in [4.78, 5) is 16.1. The van der Waals surface area contributed by atoms with Gasteiger partial charge in [-0.15, -0.1) is 12.4 Å². The van der Waals surface area contributed by atoms with Gasteiger partial charge in [0.1, 0.15) is 0 Å². The number of nitrogens with zero attached hydrogens (tertiary/aromatic N) is 2. The molecule has 3 rings (SSSR count). The van der Waals surface area contributed by atoms with Crippen molar-refractivity contribution >= 4 is 23.7 Å². The maximum atomic E-state index is 13.5. The highest BCUT2D eigenvalue weighted by molar-refractivity contribution is 6.09. The highest BCUT2D eigenvalue weighted by Crippen LogP contribution is 2.23. The molecular formula is C29H41ClN2O. The Kier molecular flexibility index (Phi) is 11.2. The van der Waals surface area contributed by atoms with Gasteiger partial charge < -0.3 is 9.30 Å². The number of aryl methyl sites for hydroxylation is 3. The van der Waals surface area contributed by atoms with Crippen LogP contribution in [0.25, 0.3) is 5.52 Å². The summed E-state index contributed by atoms with van der Waals surface area (Å²) in [5, 5.41) is 0. The zero-order chi connectivity index (χ0) is 22.9. The molecule has 1 aromatic carbocycles. The average Bonchev–Trinajstić information content (AvgIpc) is 3.15. The van der Waals surface area contributed by atoms with Gasteiger partial charge in [0, 0.05) is 17.3 Å². The first-order chi connectivity index (χ1) is 15.6. The Labute approximate surface area is 206 Å². The van der Waals surface area contributed by atoms with E-state index in [1.807, 2.05) is 12.1 Å². The molecule has 3 nitrogen and oxygen atoms in total. The first-order valence-electron chi connectivity index (χ1n) is 12.5. The molecule has 0 radical (unpaired) electrons. The predicted molar refractivity (Wildman–Crippen MR) is 143 cm³/mol. The van der Waals surface area contributed by atoms with Gasteiger partial charge in [-0.3, -0.25) is 4.79 Å². The van der Waals surface area contributed by atoms with E-state index in [1.165, 1.54) is 42.6 Å². The third kappa shape index (κ3) is 7.19. The molecule has 3 aromatic rings. The molecule has 2 heterocycles. The Morgan fingerprint density at radius 2 is 1.55 bits per heavy atom. The second-order valence-electron chi connectivity index (χ2n) is 9.09. The molecule has 0 N–H and O–H groups in total. The largest absolute Gasteiger partial charge is 0.313 e. The van der Waals surface area contributed by atoms with E-state index in [0.29, 0.717) is 0 Å². The number of halogens is 1. The fourth-order valence-corrected chi connectivity index (χ4v) is 4.58. The SMILES string of the molecule is CCCCc1cc2ccc(C)cn2c1C(=O)c1ccc(CCCN(CCC)CCC)cc1.Cl. The third-order valence-electron chi connectivity index (χ3n) is 6.25. The van der Waals surface area contributed by atoms with E-state index < -0.39 is 0 Å². The minimum absolute atomic E-state index is 0. The standard InChI is InChI=1S/C29H40N2O.ClH/c1-5-8-11-26-21-27-17-12-23(4)22-31(27)28(26)29(32)25-15-13-24(14-16-25)10-9-20-30(18-6-2)19-7-3;/h12-17,21-22H,5-11,18-20H2,1-4H3;1H. The maximum absolute atomic E-state index is 13.5. The van der Waals surface area contributed by atoms with E-state index >= 15 is 0 Å². The minimum Gasteiger partial charge on any atom is -0.313 e. The zero-order valence-corrected chi connectivity index (χ0v) is 21.7. The summed E-state index contributed by atoms with van der Waals surface area (Å²) in [6.07, 6.45) is 9.91. The van der Waals surface area contributed by atoms with Crippen molar-refractivity contribution in [1.29, 1.82) is 0 Å². The lowest BCUT2D eigenvalue weighted by Crippen LogP contribution is -2.26. The van der Waals surface area contributed by atoms with Crippen molar-refractivity contribution in [3.63, 3.8) is 0 Å². The number of hydrogen-bond acceptors (Lipinski definition) is 2. The summed E-state index contributed by atoms with van der Waals surface area (Å²) in [7, 11) is 0. The molecule has 0 aliphatic heterocycles. The smallest absolute Gasteiger partial charge is 0.210 e. The van der Waals surface area contributed by atoms with Crippen LogP contribution in [0.4, 0.5) is 0 Å². The van der Waals surface area contributed by atoms with Crippen molar-refractivity contribution in [1.82, 2.24) is 9.30 Å². The second-order valence-corrected chi connectivity index (χ2v) is 9.09. The Bertz CT molecular complexity index is 1000. The summed E-state index contributed by atoms with van der Waals surface area (Å²) in [5.74, 6) is 0.130. The number of carbonyl (C=O) groups is 1. The molecule has 33 heavy (non-hydrogen) atoms. The van der Waals surface area contributed by atoms with Crippen molar-refractivity contribution in [2.24, 2.45) is 0 Å². The van der Waals surface area contributed by atoms with Crippen LogP contribution in [0.15, 0.2) is 48.7 Å². The highest BCUT2D eigenvalue weighted by atomic mass is 35.5. The van der Waals surface area contributed by atoms with E-state index in [9.17, 15) is 4.79 Å². The Hall–Kier alpha value is -2.10. The van der Waals surface area contributed by atoms with Gasteiger partial charge in [-0.25, -0.2) is 0 Å². The quantitative estimate of drug-likeness (QED) is 0.246. The van der Waals surface area contributed by atoms with Crippen molar-refractivity contribution in [2.45, 2.75) is 72.6 Å². The number of hydrogen-bond donors (Lipinski definition) is 0. The summed E-state index contributed by atoms with van der Waals surface area (Å²) < 4.78 is 2.09. The van der Waals surface area contributed by atoms with Gasteiger partial charge in [0.15, 0.2) is 0 Å². The van der Waals surface area contributed by atoms with Gasteiger partial charge in [-0.05, 0) is 93.9 Å². The van der Waals surface area contributed by atoms with Crippen LogP contribution < -0.4 is 0 Å². The Morgan fingerprint density at radius 3 is 2.18 bits per heavy atom. The summed E-state index contributed by atoms with van der Waals surface area (Å²) in [6.45, 7) is 12.3. The molecule has 0 atom stereocenters. The van der Waals surface area contributed by atoms with Gasteiger partial charge in [0.25, 0.3) is 0 Å². The van der Waals surface area contributed by atoms with Crippen LogP contribution in [0.3, 0.4) is 0 Å². The molecule has 0 aliphatic carbocycles. The monoisotopic (exact) mass is 468 g/mol.